The van der Waals surface area contributed by atoms with Crippen LogP contribution in [0.3, 0.4) is 0 Å². The standard InChI is InChI=1S/C21H13BrO3/c22-15-9-10-19-18(13-15)21(23)20(25-19)12-14-5-4-8-17(11-14)24-16-6-2-1-3-7-16/h1-13H/b20-12-. The molecule has 4 rings (SSSR count). The second-order valence-corrected chi connectivity index (χ2v) is 6.48. The number of carbonyl (C=O) groups excluding carboxylic acids is 1. The summed E-state index contributed by atoms with van der Waals surface area (Å²) in [6.45, 7) is 0. The van der Waals surface area contributed by atoms with E-state index in [4.69, 9.17) is 9.47 Å². The lowest BCUT2D eigenvalue weighted by atomic mass is 10.1. The van der Waals surface area contributed by atoms with Crippen molar-refractivity contribution < 1.29 is 14.3 Å². The van der Waals surface area contributed by atoms with Gasteiger partial charge in [0, 0.05) is 4.47 Å². The van der Waals surface area contributed by atoms with Gasteiger partial charge >= 0.3 is 0 Å². The Kier molecular flexibility index (Phi) is 4.12. The zero-order valence-corrected chi connectivity index (χ0v) is 14.7. The van der Waals surface area contributed by atoms with Crippen LogP contribution in [0.2, 0.25) is 0 Å². The Bertz CT molecular complexity index is 977. The van der Waals surface area contributed by atoms with Gasteiger partial charge < -0.3 is 9.47 Å². The number of rotatable bonds is 3. The highest BCUT2D eigenvalue weighted by Gasteiger charge is 2.27. The van der Waals surface area contributed by atoms with Gasteiger partial charge in [0.2, 0.25) is 5.78 Å². The molecule has 0 aliphatic carbocycles. The number of hydrogen-bond donors (Lipinski definition) is 0. The fourth-order valence-corrected chi connectivity index (χ4v) is 2.97. The highest BCUT2D eigenvalue weighted by molar-refractivity contribution is 9.10. The van der Waals surface area contributed by atoms with Gasteiger partial charge in [-0.05, 0) is 54.1 Å². The van der Waals surface area contributed by atoms with E-state index in [0.29, 0.717) is 22.8 Å². The molecule has 1 heterocycles. The summed E-state index contributed by atoms with van der Waals surface area (Å²) in [5.41, 5.74) is 1.40. The fourth-order valence-electron chi connectivity index (χ4n) is 2.61. The smallest absolute Gasteiger partial charge is 0.232 e. The predicted molar refractivity (Wildman–Crippen MR) is 100 cm³/mol. The summed E-state index contributed by atoms with van der Waals surface area (Å²) in [5, 5.41) is 0. The van der Waals surface area contributed by atoms with E-state index in [0.717, 1.165) is 15.8 Å². The second kappa shape index (κ2) is 6.57. The van der Waals surface area contributed by atoms with Crippen molar-refractivity contribution in [2.75, 3.05) is 0 Å². The molecule has 122 valence electrons. The van der Waals surface area contributed by atoms with Crippen LogP contribution in [0.15, 0.2) is 83.0 Å². The largest absolute Gasteiger partial charge is 0.457 e. The first-order valence-electron chi connectivity index (χ1n) is 7.76. The maximum Gasteiger partial charge on any atom is 0.232 e. The summed E-state index contributed by atoms with van der Waals surface area (Å²) in [6, 6.07) is 22.5. The molecule has 0 bridgehead atoms. The first-order chi connectivity index (χ1) is 12.2. The van der Waals surface area contributed by atoms with Crippen molar-refractivity contribution in [3.05, 3.63) is 94.2 Å². The van der Waals surface area contributed by atoms with Gasteiger partial charge in [0.15, 0.2) is 5.76 Å². The van der Waals surface area contributed by atoms with Crippen LogP contribution >= 0.6 is 15.9 Å². The molecule has 0 spiro atoms. The highest BCUT2D eigenvalue weighted by atomic mass is 79.9. The number of halogens is 1. The summed E-state index contributed by atoms with van der Waals surface area (Å²) in [4.78, 5) is 12.5. The summed E-state index contributed by atoms with van der Waals surface area (Å²) in [6.07, 6.45) is 1.73. The van der Waals surface area contributed by atoms with Gasteiger partial charge in [-0.3, -0.25) is 4.79 Å². The van der Waals surface area contributed by atoms with Gasteiger partial charge in [0.1, 0.15) is 17.2 Å². The number of benzene rings is 3. The van der Waals surface area contributed by atoms with E-state index in [1.165, 1.54) is 0 Å². The first-order valence-corrected chi connectivity index (χ1v) is 8.55. The lowest BCUT2D eigenvalue weighted by molar-refractivity contribution is 0.101. The molecule has 0 radical (unpaired) electrons. The normalized spacial score (nSPS) is 14.3. The van der Waals surface area contributed by atoms with Crippen molar-refractivity contribution in [2.24, 2.45) is 0 Å². The molecule has 1 aliphatic rings. The van der Waals surface area contributed by atoms with E-state index in [1.54, 1.807) is 18.2 Å². The molecule has 1 aliphatic heterocycles. The zero-order valence-electron chi connectivity index (χ0n) is 13.1. The van der Waals surface area contributed by atoms with Crippen LogP contribution in [-0.2, 0) is 0 Å². The molecule has 0 atom stereocenters. The van der Waals surface area contributed by atoms with Crippen LogP contribution in [-0.4, -0.2) is 5.78 Å². The van der Waals surface area contributed by atoms with Crippen LogP contribution in [0.1, 0.15) is 15.9 Å². The van der Waals surface area contributed by atoms with Gasteiger partial charge in [-0.1, -0.05) is 46.3 Å². The average molecular weight is 393 g/mol. The zero-order chi connectivity index (χ0) is 17.2. The van der Waals surface area contributed by atoms with Crippen LogP contribution in [0.25, 0.3) is 6.08 Å². The molecule has 3 aromatic carbocycles. The third-order valence-corrected chi connectivity index (χ3v) is 4.26. The SMILES string of the molecule is O=C1/C(=C/c2cccc(Oc3ccccc3)c2)Oc2ccc(Br)cc21. The molecule has 0 fully saturated rings. The quantitative estimate of drug-likeness (QED) is 0.523. The number of Topliss-reactive ketones (excluding diaryl/α,β-unsaturated/α-hetero) is 1. The highest BCUT2D eigenvalue weighted by Crippen LogP contribution is 2.34. The Labute approximate surface area is 153 Å². The molecule has 4 heteroatoms. The van der Waals surface area contributed by atoms with E-state index < -0.39 is 0 Å². The predicted octanol–water partition coefficient (Wildman–Crippen LogP) is 5.86. The van der Waals surface area contributed by atoms with Gasteiger partial charge in [-0.25, -0.2) is 0 Å². The van der Waals surface area contributed by atoms with Crippen LogP contribution < -0.4 is 9.47 Å². The third-order valence-electron chi connectivity index (χ3n) is 3.76. The number of hydrogen-bond acceptors (Lipinski definition) is 3. The molecule has 3 aromatic rings. The summed E-state index contributed by atoms with van der Waals surface area (Å²) < 4.78 is 12.4. The number of carbonyl (C=O) groups is 1. The van der Waals surface area contributed by atoms with Gasteiger partial charge in [0.05, 0.1) is 5.56 Å². The lowest BCUT2D eigenvalue weighted by Crippen LogP contribution is -1.98. The minimum absolute atomic E-state index is 0.120. The molecule has 3 nitrogen and oxygen atoms in total. The van der Waals surface area contributed by atoms with Crippen molar-refractivity contribution in [3.8, 4) is 17.2 Å². The molecule has 0 aromatic heterocycles. The second-order valence-electron chi connectivity index (χ2n) is 5.57. The molecular weight excluding hydrogens is 380 g/mol. The van der Waals surface area contributed by atoms with Crippen LogP contribution in [0.5, 0.6) is 17.2 Å². The van der Waals surface area contributed by atoms with Crippen LogP contribution in [0.4, 0.5) is 0 Å². The summed E-state index contributed by atoms with van der Waals surface area (Å²) in [7, 11) is 0. The van der Waals surface area contributed by atoms with E-state index >= 15 is 0 Å². The topological polar surface area (TPSA) is 35.5 Å². The van der Waals surface area contributed by atoms with Crippen LogP contribution in [0, 0.1) is 0 Å². The van der Waals surface area contributed by atoms with Gasteiger partial charge in [0.25, 0.3) is 0 Å². The molecule has 0 saturated heterocycles. The summed E-state index contributed by atoms with van der Waals surface area (Å²) >= 11 is 3.38. The van der Waals surface area contributed by atoms with Crippen molar-refractivity contribution in [3.63, 3.8) is 0 Å². The number of para-hydroxylation sites is 1. The van der Waals surface area contributed by atoms with Crippen molar-refractivity contribution >= 4 is 27.8 Å². The summed E-state index contributed by atoms with van der Waals surface area (Å²) in [5.74, 6) is 2.23. The molecule has 0 saturated carbocycles. The molecular formula is C21H13BrO3. The van der Waals surface area contributed by atoms with E-state index in [1.807, 2.05) is 60.7 Å². The number of ether oxygens (including phenoxy) is 2. The van der Waals surface area contributed by atoms with Crippen molar-refractivity contribution in [1.82, 2.24) is 0 Å². The Hall–Kier alpha value is -2.85. The number of ketones is 1. The number of allylic oxidation sites excluding steroid dienone is 1. The van der Waals surface area contributed by atoms with Crippen molar-refractivity contribution in [2.45, 2.75) is 0 Å². The number of fused-ring (bicyclic) bond motifs is 1. The Morgan fingerprint density at radius 1 is 0.880 bits per heavy atom. The Morgan fingerprint density at radius 3 is 2.52 bits per heavy atom. The maximum absolute atomic E-state index is 12.5. The van der Waals surface area contributed by atoms with E-state index in [-0.39, 0.29) is 5.78 Å². The molecule has 0 N–H and O–H groups in total. The minimum Gasteiger partial charge on any atom is -0.457 e. The maximum atomic E-state index is 12.5. The molecule has 25 heavy (non-hydrogen) atoms. The van der Waals surface area contributed by atoms with Gasteiger partial charge in [-0.15, -0.1) is 0 Å². The average Bonchev–Trinajstić information content (AvgIpc) is 2.92. The monoisotopic (exact) mass is 392 g/mol. The van der Waals surface area contributed by atoms with E-state index in [9.17, 15) is 4.79 Å². The molecule has 0 amide bonds. The van der Waals surface area contributed by atoms with Gasteiger partial charge in [-0.2, -0.15) is 0 Å². The first kappa shape index (κ1) is 15.7. The molecule has 0 unspecified atom stereocenters. The van der Waals surface area contributed by atoms with E-state index in [2.05, 4.69) is 15.9 Å². The fraction of sp³-hybridized carbons (Fsp3) is 0. The van der Waals surface area contributed by atoms with Crippen molar-refractivity contribution in [1.29, 1.82) is 0 Å². The minimum atomic E-state index is -0.120. The Balaban J connectivity index is 1.60. The Morgan fingerprint density at radius 2 is 1.68 bits per heavy atom. The third kappa shape index (κ3) is 3.35. The lowest BCUT2D eigenvalue weighted by Gasteiger charge is -2.06.